The molecule has 0 saturated heterocycles. The second kappa shape index (κ2) is 7.26. The van der Waals surface area contributed by atoms with Gasteiger partial charge in [0.15, 0.2) is 0 Å². The number of amides is 1. The highest BCUT2D eigenvalue weighted by atomic mass is 35.5. The number of pyridine rings is 1. The van der Waals surface area contributed by atoms with Crippen molar-refractivity contribution in [1.29, 1.82) is 0 Å². The summed E-state index contributed by atoms with van der Waals surface area (Å²) in [4.78, 5) is 16.2. The largest absolute Gasteiger partial charge is 0.369 e. The van der Waals surface area contributed by atoms with E-state index in [0.717, 1.165) is 18.5 Å². The van der Waals surface area contributed by atoms with Crippen LogP contribution in [0.15, 0.2) is 29.1 Å². The molecule has 0 aliphatic heterocycles. The number of anilines is 1. The lowest BCUT2D eigenvalue weighted by Crippen LogP contribution is -2.22. The van der Waals surface area contributed by atoms with Crippen molar-refractivity contribution in [2.45, 2.75) is 19.9 Å². The zero-order chi connectivity index (χ0) is 14.4. The Morgan fingerprint density at radius 3 is 3.00 bits per heavy atom. The molecular formula is C14H16ClN3OS. The van der Waals surface area contributed by atoms with E-state index in [0.29, 0.717) is 22.9 Å². The molecule has 2 N–H and O–H groups in total. The van der Waals surface area contributed by atoms with E-state index in [9.17, 15) is 4.79 Å². The van der Waals surface area contributed by atoms with Crippen LogP contribution >= 0.6 is 22.9 Å². The molecule has 1 amide bonds. The third kappa shape index (κ3) is 3.95. The van der Waals surface area contributed by atoms with Gasteiger partial charge < -0.3 is 10.6 Å². The van der Waals surface area contributed by atoms with E-state index in [1.165, 1.54) is 6.20 Å². The van der Waals surface area contributed by atoms with Gasteiger partial charge in [-0.05, 0) is 34.9 Å². The Kier molecular flexibility index (Phi) is 5.38. The number of carbonyl (C=O) groups excluding carboxylic acids is 1. The number of nitrogens with one attached hydrogen (secondary N) is 2. The van der Waals surface area contributed by atoms with Crippen molar-refractivity contribution in [1.82, 2.24) is 10.3 Å². The monoisotopic (exact) mass is 309 g/mol. The van der Waals surface area contributed by atoms with Gasteiger partial charge in [-0.15, -0.1) is 0 Å². The lowest BCUT2D eigenvalue weighted by molar-refractivity contribution is 0.0950. The molecule has 20 heavy (non-hydrogen) atoms. The molecule has 0 fully saturated rings. The summed E-state index contributed by atoms with van der Waals surface area (Å²) in [6.07, 6.45) is 2.52. The highest BCUT2D eigenvalue weighted by molar-refractivity contribution is 7.07. The van der Waals surface area contributed by atoms with E-state index in [2.05, 4.69) is 22.5 Å². The van der Waals surface area contributed by atoms with Gasteiger partial charge >= 0.3 is 0 Å². The van der Waals surface area contributed by atoms with Crippen LogP contribution in [0.1, 0.15) is 29.3 Å². The SMILES string of the molecule is CCCNc1ncc(C(=O)NCc2ccsc2)cc1Cl. The summed E-state index contributed by atoms with van der Waals surface area (Å²) in [5, 5.41) is 10.4. The number of rotatable bonds is 6. The third-order valence-electron chi connectivity index (χ3n) is 2.68. The van der Waals surface area contributed by atoms with Crippen LogP contribution in [0.3, 0.4) is 0 Å². The second-order valence-electron chi connectivity index (χ2n) is 4.30. The predicted octanol–water partition coefficient (Wildman–Crippen LogP) is 3.55. The molecule has 106 valence electrons. The normalized spacial score (nSPS) is 10.3. The van der Waals surface area contributed by atoms with E-state index in [4.69, 9.17) is 11.6 Å². The number of hydrogen-bond donors (Lipinski definition) is 2. The van der Waals surface area contributed by atoms with E-state index in [1.807, 2.05) is 16.8 Å². The van der Waals surface area contributed by atoms with E-state index >= 15 is 0 Å². The maximum Gasteiger partial charge on any atom is 0.253 e. The number of aromatic nitrogens is 1. The van der Waals surface area contributed by atoms with Crippen molar-refractivity contribution in [3.63, 3.8) is 0 Å². The highest BCUT2D eigenvalue weighted by Crippen LogP contribution is 2.20. The van der Waals surface area contributed by atoms with Crippen molar-refractivity contribution >= 4 is 34.7 Å². The van der Waals surface area contributed by atoms with Crippen molar-refractivity contribution in [3.8, 4) is 0 Å². The smallest absolute Gasteiger partial charge is 0.253 e. The number of thiophene rings is 1. The fourth-order valence-corrected chi connectivity index (χ4v) is 2.51. The van der Waals surface area contributed by atoms with E-state index < -0.39 is 0 Å². The number of carbonyl (C=O) groups is 1. The molecule has 0 spiro atoms. The van der Waals surface area contributed by atoms with Gasteiger partial charge in [0.05, 0.1) is 10.6 Å². The fourth-order valence-electron chi connectivity index (χ4n) is 1.61. The van der Waals surface area contributed by atoms with Crippen molar-refractivity contribution in [2.24, 2.45) is 0 Å². The third-order valence-corrected chi connectivity index (χ3v) is 3.70. The average Bonchev–Trinajstić information content (AvgIpc) is 2.96. The first kappa shape index (κ1) is 14.8. The standard InChI is InChI=1S/C14H16ClN3OS/c1-2-4-16-13-12(15)6-11(8-17-13)14(19)18-7-10-3-5-20-9-10/h3,5-6,8-9H,2,4,7H2,1H3,(H,16,17)(H,18,19). The maximum atomic E-state index is 12.0. The fraction of sp³-hybridized carbons (Fsp3) is 0.286. The van der Waals surface area contributed by atoms with Crippen molar-refractivity contribution in [2.75, 3.05) is 11.9 Å². The molecule has 2 aromatic rings. The Morgan fingerprint density at radius 1 is 1.50 bits per heavy atom. The highest BCUT2D eigenvalue weighted by Gasteiger charge is 2.09. The maximum absolute atomic E-state index is 12.0. The Morgan fingerprint density at radius 2 is 2.35 bits per heavy atom. The minimum Gasteiger partial charge on any atom is -0.369 e. The molecular weight excluding hydrogens is 294 g/mol. The van der Waals surface area contributed by atoms with Crippen LogP contribution in [0, 0.1) is 0 Å². The van der Waals surface area contributed by atoms with Gasteiger partial charge in [-0.2, -0.15) is 11.3 Å². The Bertz CT molecular complexity index is 572. The van der Waals surface area contributed by atoms with Crippen LogP contribution in [0.4, 0.5) is 5.82 Å². The predicted molar refractivity (Wildman–Crippen MR) is 83.5 cm³/mol. The number of nitrogens with zero attached hydrogens (tertiary/aromatic N) is 1. The summed E-state index contributed by atoms with van der Waals surface area (Å²) in [7, 11) is 0. The molecule has 2 rings (SSSR count). The minimum absolute atomic E-state index is 0.173. The van der Waals surface area contributed by atoms with Crippen LogP contribution < -0.4 is 10.6 Å². The molecule has 0 radical (unpaired) electrons. The van der Waals surface area contributed by atoms with Crippen molar-refractivity contribution in [3.05, 3.63) is 45.2 Å². The average molecular weight is 310 g/mol. The van der Waals surface area contributed by atoms with Gasteiger partial charge in [0.2, 0.25) is 0 Å². The van der Waals surface area contributed by atoms with Gasteiger partial charge in [0.1, 0.15) is 5.82 Å². The summed E-state index contributed by atoms with van der Waals surface area (Å²) in [6.45, 7) is 3.37. The molecule has 0 unspecified atom stereocenters. The Labute approximate surface area is 127 Å². The summed E-state index contributed by atoms with van der Waals surface area (Å²) in [5.41, 5.74) is 1.55. The summed E-state index contributed by atoms with van der Waals surface area (Å²) in [5.74, 6) is 0.440. The Balaban J connectivity index is 1.97. The first-order chi connectivity index (χ1) is 9.70. The Hall–Kier alpha value is -1.59. The molecule has 0 aliphatic carbocycles. The van der Waals surface area contributed by atoms with Crippen LogP contribution in [-0.4, -0.2) is 17.4 Å². The van der Waals surface area contributed by atoms with E-state index in [1.54, 1.807) is 17.4 Å². The topological polar surface area (TPSA) is 54.0 Å². The van der Waals surface area contributed by atoms with Crippen LogP contribution in [0.25, 0.3) is 0 Å². The minimum atomic E-state index is -0.173. The number of hydrogen-bond acceptors (Lipinski definition) is 4. The molecule has 2 aromatic heterocycles. The lowest BCUT2D eigenvalue weighted by Gasteiger charge is -2.08. The van der Waals surface area contributed by atoms with Gasteiger partial charge in [-0.25, -0.2) is 4.98 Å². The molecule has 0 aromatic carbocycles. The summed E-state index contributed by atoms with van der Waals surface area (Å²) < 4.78 is 0. The van der Waals surface area contributed by atoms with Crippen LogP contribution in [-0.2, 0) is 6.54 Å². The van der Waals surface area contributed by atoms with Gasteiger partial charge in [-0.3, -0.25) is 4.79 Å². The molecule has 2 heterocycles. The molecule has 0 saturated carbocycles. The first-order valence-electron chi connectivity index (χ1n) is 6.39. The molecule has 0 bridgehead atoms. The van der Waals surface area contributed by atoms with Gasteiger partial charge in [-0.1, -0.05) is 18.5 Å². The molecule has 0 atom stereocenters. The first-order valence-corrected chi connectivity index (χ1v) is 7.71. The zero-order valence-electron chi connectivity index (χ0n) is 11.1. The summed E-state index contributed by atoms with van der Waals surface area (Å²) >= 11 is 7.71. The number of halogens is 1. The van der Waals surface area contributed by atoms with Gasteiger partial charge in [0.25, 0.3) is 5.91 Å². The zero-order valence-corrected chi connectivity index (χ0v) is 12.7. The summed E-state index contributed by atoms with van der Waals surface area (Å²) in [6, 6.07) is 3.61. The van der Waals surface area contributed by atoms with E-state index in [-0.39, 0.29) is 5.91 Å². The van der Waals surface area contributed by atoms with Gasteiger partial charge in [0, 0.05) is 19.3 Å². The molecule has 6 heteroatoms. The lowest BCUT2D eigenvalue weighted by atomic mass is 10.2. The van der Waals surface area contributed by atoms with Crippen molar-refractivity contribution < 1.29 is 4.79 Å². The van der Waals surface area contributed by atoms with Crippen LogP contribution in [0.5, 0.6) is 0 Å². The second-order valence-corrected chi connectivity index (χ2v) is 5.48. The quantitative estimate of drug-likeness (QED) is 0.858. The molecule has 0 aliphatic rings. The molecule has 4 nitrogen and oxygen atoms in total. The van der Waals surface area contributed by atoms with Crippen LogP contribution in [0.2, 0.25) is 5.02 Å².